The van der Waals surface area contributed by atoms with E-state index in [1.165, 1.54) is 31.2 Å². The zero-order chi connectivity index (χ0) is 21.4. The minimum absolute atomic E-state index is 0.172. The number of benzene rings is 2. The number of methoxy groups -OCH3 is 3. The van der Waals surface area contributed by atoms with Crippen molar-refractivity contribution in [3.8, 4) is 17.2 Å². The monoisotopic (exact) mass is 411 g/mol. The second-order valence-electron chi connectivity index (χ2n) is 7.67. The number of hydrogen-bond donors (Lipinski definition) is 2. The van der Waals surface area contributed by atoms with Gasteiger partial charge < -0.3 is 24.8 Å². The fourth-order valence-electron chi connectivity index (χ4n) is 4.31. The van der Waals surface area contributed by atoms with Gasteiger partial charge in [-0.3, -0.25) is 4.99 Å². The molecule has 1 aliphatic carbocycles. The molecule has 0 bridgehead atoms. The van der Waals surface area contributed by atoms with E-state index >= 15 is 0 Å². The minimum atomic E-state index is 0.172. The lowest BCUT2D eigenvalue weighted by molar-refractivity contribution is 0.323. The zero-order valence-corrected chi connectivity index (χ0v) is 18.5. The normalized spacial score (nSPS) is 15.5. The standard InChI is InChI=1S/C24H33N3O3/c1-25-23(26-16-18-14-20(28-2)22(30-4)21(15-18)29-3)27-17-24(12-8-9-13-24)19-10-6-5-7-11-19/h5-7,10-11,14-15H,8-9,12-13,16-17H2,1-4H3,(H2,25,26,27). The number of nitrogens with one attached hydrogen (secondary N) is 2. The third kappa shape index (κ3) is 4.81. The molecule has 0 radical (unpaired) electrons. The molecule has 162 valence electrons. The molecule has 0 atom stereocenters. The molecule has 2 N–H and O–H groups in total. The summed E-state index contributed by atoms with van der Waals surface area (Å²) in [6.45, 7) is 1.46. The largest absolute Gasteiger partial charge is 0.493 e. The highest BCUT2D eigenvalue weighted by Gasteiger charge is 2.35. The van der Waals surface area contributed by atoms with Crippen molar-refractivity contribution in [2.24, 2.45) is 4.99 Å². The van der Waals surface area contributed by atoms with Crippen molar-refractivity contribution in [2.75, 3.05) is 34.9 Å². The van der Waals surface area contributed by atoms with E-state index in [-0.39, 0.29) is 5.41 Å². The van der Waals surface area contributed by atoms with Gasteiger partial charge in [0.15, 0.2) is 17.5 Å². The Hall–Kier alpha value is -2.89. The van der Waals surface area contributed by atoms with Gasteiger partial charge >= 0.3 is 0 Å². The summed E-state index contributed by atoms with van der Waals surface area (Å²) in [5, 5.41) is 6.96. The van der Waals surface area contributed by atoms with Crippen LogP contribution in [0.2, 0.25) is 0 Å². The van der Waals surface area contributed by atoms with Gasteiger partial charge in [-0.2, -0.15) is 0 Å². The van der Waals surface area contributed by atoms with Crippen molar-refractivity contribution < 1.29 is 14.2 Å². The molecule has 1 saturated carbocycles. The van der Waals surface area contributed by atoms with Gasteiger partial charge in [0.05, 0.1) is 21.3 Å². The van der Waals surface area contributed by atoms with E-state index in [9.17, 15) is 0 Å². The van der Waals surface area contributed by atoms with Gasteiger partial charge in [-0.1, -0.05) is 43.2 Å². The quantitative estimate of drug-likeness (QED) is 0.510. The van der Waals surface area contributed by atoms with Gasteiger partial charge in [0, 0.05) is 25.6 Å². The van der Waals surface area contributed by atoms with Crippen LogP contribution in [-0.2, 0) is 12.0 Å². The van der Waals surface area contributed by atoms with Gasteiger partial charge in [-0.15, -0.1) is 0 Å². The topological polar surface area (TPSA) is 64.1 Å². The highest BCUT2D eigenvalue weighted by molar-refractivity contribution is 5.79. The summed E-state index contributed by atoms with van der Waals surface area (Å²) in [6, 6.07) is 14.7. The van der Waals surface area contributed by atoms with Crippen LogP contribution in [0, 0.1) is 0 Å². The Kier molecular flexibility index (Phi) is 7.44. The molecule has 0 aromatic heterocycles. The molecule has 1 fully saturated rings. The summed E-state index contributed by atoms with van der Waals surface area (Å²) in [7, 11) is 6.66. The minimum Gasteiger partial charge on any atom is -0.493 e. The van der Waals surface area contributed by atoms with Crippen LogP contribution in [0.1, 0.15) is 36.8 Å². The van der Waals surface area contributed by atoms with Gasteiger partial charge in [0.25, 0.3) is 0 Å². The third-order valence-corrected chi connectivity index (χ3v) is 5.95. The van der Waals surface area contributed by atoms with E-state index in [1.807, 2.05) is 12.1 Å². The Morgan fingerprint density at radius 3 is 2.10 bits per heavy atom. The van der Waals surface area contributed by atoms with E-state index in [1.54, 1.807) is 28.4 Å². The molecular weight excluding hydrogens is 378 g/mol. The second kappa shape index (κ2) is 10.2. The molecule has 3 rings (SSSR count). The van der Waals surface area contributed by atoms with Crippen LogP contribution < -0.4 is 24.8 Å². The molecule has 0 unspecified atom stereocenters. The molecule has 6 heteroatoms. The van der Waals surface area contributed by atoms with E-state index < -0.39 is 0 Å². The predicted octanol–water partition coefficient (Wildman–Crippen LogP) is 3.89. The van der Waals surface area contributed by atoms with Gasteiger partial charge in [-0.05, 0) is 36.1 Å². The summed E-state index contributed by atoms with van der Waals surface area (Å²) in [5.74, 6) is 2.67. The maximum absolute atomic E-state index is 5.45. The first-order valence-corrected chi connectivity index (χ1v) is 10.4. The SMILES string of the molecule is CN=C(NCc1cc(OC)c(OC)c(OC)c1)NCC1(c2ccccc2)CCCC1. The maximum Gasteiger partial charge on any atom is 0.203 e. The Bertz CT molecular complexity index is 821. The van der Waals surface area contributed by atoms with Gasteiger partial charge in [0.2, 0.25) is 5.75 Å². The maximum atomic E-state index is 5.45. The molecule has 6 nitrogen and oxygen atoms in total. The number of guanidine groups is 1. The third-order valence-electron chi connectivity index (χ3n) is 5.95. The molecule has 0 saturated heterocycles. The van der Waals surface area contributed by atoms with Crippen molar-refractivity contribution >= 4 is 5.96 Å². The Morgan fingerprint density at radius 2 is 1.57 bits per heavy atom. The highest BCUT2D eigenvalue weighted by Crippen LogP contribution is 2.40. The fourth-order valence-corrected chi connectivity index (χ4v) is 4.31. The molecule has 0 amide bonds. The van der Waals surface area contributed by atoms with Crippen LogP contribution >= 0.6 is 0 Å². The molecule has 0 heterocycles. The summed E-state index contributed by atoms with van der Waals surface area (Å²) in [6.07, 6.45) is 4.95. The summed E-state index contributed by atoms with van der Waals surface area (Å²) >= 11 is 0. The predicted molar refractivity (Wildman–Crippen MR) is 121 cm³/mol. The first kappa shape index (κ1) is 21.8. The van der Waals surface area contributed by atoms with E-state index in [0.29, 0.717) is 23.8 Å². The van der Waals surface area contributed by atoms with Crippen LogP contribution in [0.15, 0.2) is 47.5 Å². The average molecular weight is 412 g/mol. The fraction of sp³-hybridized carbons (Fsp3) is 0.458. The lowest BCUT2D eigenvalue weighted by Crippen LogP contribution is -2.44. The Balaban J connectivity index is 1.67. The Morgan fingerprint density at radius 1 is 0.933 bits per heavy atom. The summed E-state index contributed by atoms with van der Waals surface area (Å²) < 4.78 is 16.3. The van der Waals surface area contributed by atoms with Crippen LogP contribution in [0.25, 0.3) is 0 Å². The zero-order valence-electron chi connectivity index (χ0n) is 18.5. The van der Waals surface area contributed by atoms with Crippen molar-refractivity contribution in [3.05, 3.63) is 53.6 Å². The number of rotatable bonds is 8. The van der Waals surface area contributed by atoms with Gasteiger partial charge in [-0.25, -0.2) is 0 Å². The molecule has 0 spiro atoms. The lowest BCUT2D eigenvalue weighted by atomic mass is 9.79. The van der Waals surface area contributed by atoms with Crippen LogP contribution in [0.3, 0.4) is 0 Å². The number of hydrogen-bond acceptors (Lipinski definition) is 4. The summed E-state index contributed by atoms with van der Waals surface area (Å²) in [4.78, 5) is 4.41. The molecule has 0 aliphatic heterocycles. The van der Waals surface area contributed by atoms with Gasteiger partial charge in [0.1, 0.15) is 0 Å². The molecular formula is C24H33N3O3. The van der Waals surface area contributed by atoms with Crippen LogP contribution in [0.5, 0.6) is 17.2 Å². The van der Waals surface area contributed by atoms with Crippen molar-refractivity contribution in [3.63, 3.8) is 0 Å². The van der Waals surface area contributed by atoms with E-state index in [4.69, 9.17) is 14.2 Å². The highest BCUT2D eigenvalue weighted by atomic mass is 16.5. The number of ether oxygens (including phenoxy) is 3. The molecule has 30 heavy (non-hydrogen) atoms. The summed E-state index contributed by atoms with van der Waals surface area (Å²) in [5.41, 5.74) is 2.60. The van der Waals surface area contributed by atoms with E-state index in [0.717, 1.165) is 18.1 Å². The van der Waals surface area contributed by atoms with Crippen molar-refractivity contribution in [2.45, 2.75) is 37.6 Å². The van der Waals surface area contributed by atoms with Crippen LogP contribution in [-0.4, -0.2) is 40.9 Å². The van der Waals surface area contributed by atoms with Crippen LogP contribution in [0.4, 0.5) is 0 Å². The number of nitrogens with zero attached hydrogens (tertiary/aromatic N) is 1. The second-order valence-corrected chi connectivity index (χ2v) is 7.67. The number of aliphatic imine (C=N–C) groups is 1. The first-order valence-electron chi connectivity index (χ1n) is 10.4. The first-order chi connectivity index (χ1) is 14.7. The molecule has 1 aliphatic rings. The lowest BCUT2D eigenvalue weighted by Gasteiger charge is -2.30. The van der Waals surface area contributed by atoms with Crippen molar-refractivity contribution in [1.82, 2.24) is 10.6 Å². The Labute approximate surface area is 179 Å². The molecule has 2 aromatic rings. The average Bonchev–Trinajstić information content (AvgIpc) is 3.29. The van der Waals surface area contributed by atoms with E-state index in [2.05, 4.69) is 46.0 Å². The van der Waals surface area contributed by atoms with Crippen molar-refractivity contribution in [1.29, 1.82) is 0 Å². The molecule has 2 aromatic carbocycles. The smallest absolute Gasteiger partial charge is 0.203 e.